The fourth-order valence-corrected chi connectivity index (χ4v) is 4.05. The second kappa shape index (κ2) is 6.97. The van der Waals surface area contributed by atoms with E-state index in [0.29, 0.717) is 9.50 Å². The summed E-state index contributed by atoms with van der Waals surface area (Å²) in [6.07, 6.45) is 0.724. The van der Waals surface area contributed by atoms with Crippen molar-refractivity contribution in [3.8, 4) is 0 Å². The summed E-state index contributed by atoms with van der Waals surface area (Å²) >= 11 is 15.2. The van der Waals surface area contributed by atoms with Gasteiger partial charge in [0.15, 0.2) is 0 Å². The van der Waals surface area contributed by atoms with Crippen LogP contribution in [0.2, 0.25) is 5.02 Å². The first-order valence-electron chi connectivity index (χ1n) is 6.10. The number of hydrogen-bond donors (Lipinski definition) is 1. The van der Waals surface area contributed by atoms with Gasteiger partial charge in [-0.2, -0.15) is 0 Å². The lowest BCUT2D eigenvalue weighted by molar-refractivity contribution is 0.369. The van der Waals surface area contributed by atoms with Gasteiger partial charge in [0.1, 0.15) is 0 Å². The molecule has 0 aromatic heterocycles. The van der Waals surface area contributed by atoms with Gasteiger partial charge in [0, 0.05) is 16.4 Å². The molecule has 1 atom stereocenters. The topological polar surface area (TPSA) is 46.2 Å². The van der Waals surface area contributed by atoms with Crippen LogP contribution in [0.25, 0.3) is 0 Å². The van der Waals surface area contributed by atoms with Crippen LogP contribution in [0.4, 0.5) is 0 Å². The molecule has 1 N–H and O–H groups in total. The molecular formula is C13H18BrCl2NO2S. The average molecular weight is 403 g/mol. The van der Waals surface area contributed by atoms with Crippen LogP contribution in [-0.4, -0.2) is 20.3 Å². The number of rotatable bonds is 5. The largest absolute Gasteiger partial charge is 0.240 e. The molecule has 0 fully saturated rings. The van der Waals surface area contributed by atoms with E-state index in [0.717, 1.165) is 6.42 Å². The Balaban J connectivity index is 2.73. The molecule has 1 unspecified atom stereocenters. The van der Waals surface area contributed by atoms with Gasteiger partial charge in [0.05, 0.1) is 9.92 Å². The Labute approximate surface area is 139 Å². The van der Waals surface area contributed by atoms with Crippen molar-refractivity contribution in [3.05, 3.63) is 27.7 Å². The van der Waals surface area contributed by atoms with E-state index in [1.165, 1.54) is 18.2 Å². The summed E-state index contributed by atoms with van der Waals surface area (Å²) < 4.78 is 27.3. The first-order valence-corrected chi connectivity index (χ1v) is 9.19. The van der Waals surface area contributed by atoms with Crippen LogP contribution >= 0.6 is 39.1 Å². The Morgan fingerprint density at radius 2 is 1.95 bits per heavy atom. The SMILES string of the molecule is CC(C)(C)CC(Cl)CNS(=O)(=O)c1ccc(Cl)c(Br)c1. The fourth-order valence-electron chi connectivity index (χ4n) is 1.66. The van der Waals surface area contributed by atoms with Gasteiger partial charge in [-0.15, -0.1) is 11.6 Å². The number of alkyl halides is 1. The number of hydrogen-bond acceptors (Lipinski definition) is 2. The number of benzene rings is 1. The zero-order valence-electron chi connectivity index (χ0n) is 11.6. The zero-order valence-corrected chi connectivity index (χ0v) is 15.5. The molecule has 1 aromatic rings. The summed E-state index contributed by atoms with van der Waals surface area (Å²) in [7, 11) is -3.57. The second-order valence-electron chi connectivity index (χ2n) is 5.79. The van der Waals surface area contributed by atoms with Crippen LogP contribution in [0.5, 0.6) is 0 Å². The van der Waals surface area contributed by atoms with Crippen molar-refractivity contribution in [1.29, 1.82) is 0 Å². The van der Waals surface area contributed by atoms with Crippen LogP contribution < -0.4 is 4.72 Å². The first-order chi connectivity index (χ1) is 9.01. The van der Waals surface area contributed by atoms with Crippen molar-refractivity contribution < 1.29 is 8.42 Å². The van der Waals surface area contributed by atoms with E-state index in [1.807, 2.05) is 0 Å². The molecule has 7 heteroatoms. The number of sulfonamides is 1. The Hall–Kier alpha value is 0.190. The van der Waals surface area contributed by atoms with Crippen LogP contribution in [-0.2, 0) is 10.0 Å². The van der Waals surface area contributed by atoms with Crippen molar-refractivity contribution in [1.82, 2.24) is 4.72 Å². The molecule has 0 bridgehead atoms. The summed E-state index contributed by atoms with van der Waals surface area (Å²) in [5, 5.41) is 0.215. The van der Waals surface area contributed by atoms with Gasteiger partial charge in [-0.05, 0) is 46.0 Å². The van der Waals surface area contributed by atoms with Gasteiger partial charge in [-0.1, -0.05) is 32.4 Å². The smallest absolute Gasteiger partial charge is 0.210 e. The number of nitrogens with one attached hydrogen (secondary N) is 1. The molecule has 1 rings (SSSR count). The van der Waals surface area contributed by atoms with Crippen LogP contribution in [0, 0.1) is 5.41 Å². The van der Waals surface area contributed by atoms with Gasteiger partial charge >= 0.3 is 0 Å². The van der Waals surface area contributed by atoms with E-state index in [4.69, 9.17) is 23.2 Å². The predicted octanol–water partition coefficient (Wildman–Crippen LogP) is 4.42. The molecule has 0 aliphatic heterocycles. The molecule has 0 radical (unpaired) electrons. The van der Waals surface area contributed by atoms with Crippen molar-refractivity contribution in [2.45, 2.75) is 37.5 Å². The van der Waals surface area contributed by atoms with E-state index < -0.39 is 10.0 Å². The van der Waals surface area contributed by atoms with Gasteiger partial charge < -0.3 is 0 Å². The molecule has 0 saturated heterocycles. The minimum Gasteiger partial charge on any atom is -0.210 e. The maximum absolute atomic E-state index is 12.1. The summed E-state index contributed by atoms with van der Waals surface area (Å²) in [6.45, 7) is 6.38. The Morgan fingerprint density at radius 1 is 1.35 bits per heavy atom. The van der Waals surface area contributed by atoms with Gasteiger partial charge in [0.25, 0.3) is 0 Å². The van der Waals surface area contributed by atoms with Crippen LogP contribution in [0.1, 0.15) is 27.2 Å². The maximum Gasteiger partial charge on any atom is 0.240 e. The standard InChI is InChI=1S/C13H18BrCl2NO2S/c1-13(2,3)7-9(15)8-17-20(18,19)10-4-5-12(16)11(14)6-10/h4-6,9,17H,7-8H2,1-3H3. The Morgan fingerprint density at radius 3 is 2.45 bits per heavy atom. The molecule has 0 amide bonds. The number of halogens is 3. The first kappa shape index (κ1) is 18.2. The highest BCUT2D eigenvalue weighted by atomic mass is 79.9. The molecule has 0 heterocycles. The minimum absolute atomic E-state index is 0.0567. The van der Waals surface area contributed by atoms with E-state index in [1.54, 1.807) is 0 Å². The van der Waals surface area contributed by atoms with Crippen molar-refractivity contribution in [2.75, 3.05) is 6.54 Å². The minimum atomic E-state index is -3.57. The lowest BCUT2D eigenvalue weighted by atomic mass is 9.90. The predicted molar refractivity (Wildman–Crippen MR) is 88.1 cm³/mol. The molecule has 0 spiro atoms. The third-order valence-electron chi connectivity index (χ3n) is 2.53. The fraction of sp³-hybridized carbons (Fsp3) is 0.538. The summed E-state index contributed by atoms with van der Waals surface area (Å²) in [5.41, 5.74) is 0.0567. The van der Waals surface area contributed by atoms with E-state index in [9.17, 15) is 8.42 Å². The highest BCUT2D eigenvalue weighted by Gasteiger charge is 2.20. The molecule has 3 nitrogen and oxygen atoms in total. The van der Waals surface area contributed by atoms with E-state index in [2.05, 4.69) is 41.4 Å². The zero-order chi connectivity index (χ0) is 15.6. The molecular weight excluding hydrogens is 385 g/mol. The monoisotopic (exact) mass is 401 g/mol. The Kier molecular flexibility index (Phi) is 6.35. The Bertz CT molecular complexity index is 570. The van der Waals surface area contributed by atoms with Gasteiger partial charge in [0.2, 0.25) is 10.0 Å². The highest BCUT2D eigenvalue weighted by molar-refractivity contribution is 9.10. The van der Waals surface area contributed by atoms with Gasteiger partial charge in [-0.3, -0.25) is 0 Å². The van der Waals surface area contributed by atoms with Gasteiger partial charge in [-0.25, -0.2) is 13.1 Å². The van der Waals surface area contributed by atoms with Crippen molar-refractivity contribution in [3.63, 3.8) is 0 Å². The molecule has 0 saturated carbocycles. The molecule has 114 valence electrons. The lowest BCUT2D eigenvalue weighted by Gasteiger charge is -2.22. The normalized spacial score (nSPS) is 14.3. The quantitative estimate of drug-likeness (QED) is 0.740. The summed E-state index contributed by atoms with van der Waals surface area (Å²) in [5.74, 6) is 0. The molecule has 0 aliphatic rings. The molecule has 0 aliphatic carbocycles. The maximum atomic E-state index is 12.1. The van der Waals surface area contributed by atoms with Crippen LogP contribution in [0.15, 0.2) is 27.6 Å². The van der Waals surface area contributed by atoms with Crippen LogP contribution in [0.3, 0.4) is 0 Å². The third-order valence-corrected chi connectivity index (χ3v) is 5.47. The highest BCUT2D eigenvalue weighted by Crippen LogP contribution is 2.26. The molecule has 1 aromatic carbocycles. The second-order valence-corrected chi connectivity index (χ2v) is 9.44. The molecule has 20 heavy (non-hydrogen) atoms. The van der Waals surface area contributed by atoms with Crippen molar-refractivity contribution >= 4 is 49.2 Å². The lowest BCUT2D eigenvalue weighted by Crippen LogP contribution is -2.31. The summed E-state index contributed by atoms with van der Waals surface area (Å²) in [6, 6.07) is 4.47. The third kappa shape index (κ3) is 5.90. The van der Waals surface area contributed by atoms with E-state index >= 15 is 0 Å². The van der Waals surface area contributed by atoms with Crippen molar-refractivity contribution in [2.24, 2.45) is 5.41 Å². The van der Waals surface area contributed by atoms with E-state index in [-0.39, 0.29) is 22.2 Å². The summed E-state index contributed by atoms with van der Waals surface area (Å²) in [4.78, 5) is 0.161. The average Bonchev–Trinajstić information content (AvgIpc) is 2.28.